The Kier molecular flexibility index (Phi) is 6.40. The lowest BCUT2D eigenvalue weighted by molar-refractivity contribution is -0.384. The van der Waals surface area contributed by atoms with Crippen molar-refractivity contribution in [3.63, 3.8) is 0 Å². The lowest BCUT2D eigenvalue weighted by Gasteiger charge is -2.11. The number of carbonyl (C=O) groups excluding carboxylic acids is 2. The van der Waals surface area contributed by atoms with Crippen LogP contribution in [0.2, 0.25) is 0 Å². The fraction of sp³-hybridized carbons (Fsp3) is 0.368. The van der Waals surface area contributed by atoms with Crippen molar-refractivity contribution >= 4 is 23.3 Å². The number of non-ortho nitro benzene ring substituents is 1. The van der Waals surface area contributed by atoms with Crippen molar-refractivity contribution in [2.75, 3.05) is 19.0 Å². The molecule has 1 amide bonds. The van der Waals surface area contributed by atoms with Crippen LogP contribution >= 0.6 is 0 Å². The van der Waals surface area contributed by atoms with Crippen LogP contribution < -0.4 is 10.1 Å². The summed E-state index contributed by atoms with van der Waals surface area (Å²) in [6, 6.07) is 3.91. The Morgan fingerprint density at radius 1 is 1.25 bits per heavy atom. The summed E-state index contributed by atoms with van der Waals surface area (Å²) in [5.41, 5.74) is 1.97. The molecule has 1 aromatic carbocycles. The highest BCUT2D eigenvalue weighted by atomic mass is 16.6. The number of amides is 1. The predicted molar refractivity (Wildman–Crippen MR) is 103 cm³/mol. The number of nitro benzene ring substituents is 1. The maximum atomic E-state index is 12.9. The largest absolute Gasteiger partial charge is 0.494 e. The maximum absolute atomic E-state index is 12.9. The van der Waals surface area contributed by atoms with E-state index in [2.05, 4.69) is 5.32 Å². The third kappa shape index (κ3) is 3.83. The third-order valence-electron chi connectivity index (χ3n) is 4.42. The average Bonchev–Trinajstić information content (AvgIpc) is 2.91. The number of nitro groups is 1. The number of benzene rings is 1. The molecule has 0 aliphatic rings. The Morgan fingerprint density at radius 2 is 1.93 bits per heavy atom. The lowest BCUT2D eigenvalue weighted by Crippen LogP contribution is -2.15. The van der Waals surface area contributed by atoms with Gasteiger partial charge in [0.1, 0.15) is 11.4 Å². The molecular weight excluding hydrogens is 366 g/mol. The van der Waals surface area contributed by atoms with Gasteiger partial charge in [0.25, 0.3) is 11.6 Å². The summed E-state index contributed by atoms with van der Waals surface area (Å²) < 4.78 is 12.0. The number of esters is 1. The first kappa shape index (κ1) is 20.9. The standard InChI is InChI=1S/C19H23N3O6/c1-6-21-12(4)16(11(3)17(21)19(24)28-7-2)18(23)20-14-9-8-13(22(25)26)10-15(14)27-5/h8-10H,6-7H2,1-5H3,(H,20,23). The first-order chi connectivity index (χ1) is 13.3. The Morgan fingerprint density at radius 3 is 2.46 bits per heavy atom. The number of aromatic nitrogens is 1. The SMILES string of the molecule is CCOC(=O)c1c(C)c(C(=O)Nc2ccc([N+](=O)[O-])cc2OC)c(C)n1CC. The minimum absolute atomic E-state index is 0.149. The van der Waals surface area contributed by atoms with Gasteiger partial charge in [0, 0.05) is 18.3 Å². The van der Waals surface area contributed by atoms with Crippen LogP contribution in [0.4, 0.5) is 11.4 Å². The number of carbonyl (C=O) groups is 2. The van der Waals surface area contributed by atoms with E-state index >= 15 is 0 Å². The number of rotatable bonds is 7. The molecule has 2 rings (SSSR count). The molecule has 1 heterocycles. The summed E-state index contributed by atoms with van der Waals surface area (Å²) in [4.78, 5) is 35.6. The quantitative estimate of drug-likeness (QED) is 0.441. The highest BCUT2D eigenvalue weighted by molar-refractivity contribution is 6.09. The number of methoxy groups -OCH3 is 1. The summed E-state index contributed by atoms with van der Waals surface area (Å²) in [5.74, 6) is -0.768. The van der Waals surface area contributed by atoms with Crippen LogP contribution in [0, 0.1) is 24.0 Å². The predicted octanol–water partition coefficient (Wildman–Crippen LogP) is 3.47. The van der Waals surface area contributed by atoms with Gasteiger partial charge in [-0.1, -0.05) is 0 Å². The molecule has 0 atom stereocenters. The second-order valence-corrected chi connectivity index (χ2v) is 5.99. The molecule has 0 spiro atoms. The van der Waals surface area contributed by atoms with Crippen LogP contribution in [0.3, 0.4) is 0 Å². The Bertz CT molecular complexity index is 932. The number of hydrogen-bond acceptors (Lipinski definition) is 6. The second kappa shape index (κ2) is 8.55. The van der Waals surface area contributed by atoms with E-state index in [9.17, 15) is 19.7 Å². The summed E-state index contributed by atoms with van der Waals surface area (Å²) in [6.07, 6.45) is 0. The number of anilines is 1. The van der Waals surface area contributed by atoms with Crippen molar-refractivity contribution in [3.8, 4) is 5.75 Å². The first-order valence-corrected chi connectivity index (χ1v) is 8.77. The Balaban J connectivity index is 2.45. The van der Waals surface area contributed by atoms with E-state index in [4.69, 9.17) is 9.47 Å². The van der Waals surface area contributed by atoms with Crippen LogP contribution in [-0.2, 0) is 11.3 Å². The van der Waals surface area contributed by atoms with Crippen molar-refractivity contribution in [3.05, 3.63) is 50.8 Å². The highest BCUT2D eigenvalue weighted by Crippen LogP contribution is 2.31. The van der Waals surface area contributed by atoms with Crippen molar-refractivity contribution in [1.82, 2.24) is 4.57 Å². The van der Waals surface area contributed by atoms with Crippen LogP contribution in [0.25, 0.3) is 0 Å². The normalized spacial score (nSPS) is 10.5. The van der Waals surface area contributed by atoms with Gasteiger partial charge in [0.2, 0.25) is 0 Å². The van der Waals surface area contributed by atoms with Crippen LogP contribution in [0.1, 0.15) is 46.0 Å². The molecule has 9 heteroatoms. The molecule has 0 fully saturated rings. The molecule has 0 aliphatic heterocycles. The molecule has 0 aliphatic carbocycles. The van der Waals surface area contributed by atoms with Gasteiger partial charge in [-0.2, -0.15) is 0 Å². The maximum Gasteiger partial charge on any atom is 0.355 e. The van der Waals surface area contributed by atoms with E-state index in [0.717, 1.165) is 0 Å². The fourth-order valence-corrected chi connectivity index (χ4v) is 3.17. The highest BCUT2D eigenvalue weighted by Gasteiger charge is 2.27. The van der Waals surface area contributed by atoms with Crippen molar-refractivity contribution in [1.29, 1.82) is 0 Å². The van der Waals surface area contributed by atoms with Gasteiger partial charge in [-0.25, -0.2) is 4.79 Å². The zero-order chi connectivity index (χ0) is 21.0. The van der Waals surface area contributed by atoms with Gasteiger partial charge in [-0.05, 0) is 39.3 Å². The first-order valence-electron chi connectivity index (χ1n) is 8.77. The van der Waals surface area contributed by atoms with Crippen LogP contribution in [-0.4, -0.2) is 35.1 Å². The zero-order valence-corrected chi connectivity index (χ0v) is 16.5. The summed E-state index contributed by atoms with van der Waals surface area (Å²) in [5, 5.41) is 13.6. The van der Waals surface area contributed by atoms with E-state index in [1.165, 1.54) is 25.3 Å². The van der Waals surface area contributed by atoms with E-state index in [0.29, 0.717) is 34.7 Å². The Labute approximate surface area is 162 Å². The molecule has 0 bridgehead atoms. The third-order valence-corrected chi connectivity index (χ3v) is 4.42. The van der Waals surface area contributed by atoms with E-state index < -0.39 is 16.8 Å². The monoisotopic (exact) mass is 389 g/mol. The van der Waals surface area contributed by atoms with Crippen molar-refractivity contribution < 1.29 is 24.0 Å². The average molecular weight is 389 g/mol. The van der Waals surface area contributed by atoms with Crippen LogP contribution in [0.5, 0.6) is 5.75 Å². The topological polar surface area (TPSA) is 113 Å². The smallest absolute Gasteiger partial charge is 0.355 e. The molecule has 9 nitrogen and oxygen atoms in total. The molecular formula is C19H23N3O6. The number of nitrogens with one attached hydrogen (secondary N) is 1. The summed E-state index contributed by atoms with van der Waals surface area (Å²) in [6.45, 7) is 7.75. The van der Waals surface area contributed by atoms with Crippen LogP contribution in [0.15, 0.2) is 18.2 Å². The summed E-state index contributed by atoms with van der Waals surface area (Å²) >= 11 is 0. The van der Waals surface area contributed by atoms with Gasteiger partial charge in [-0.3, -0.25) is 14.9 Å². The molecule has 150 valence electrons. The lowest BCUT2D eigenvalue weighted by atomic mass is 10.1. The molecule has 1 N–H and O–H groups in total. The molecule has 0 radical (unpaired) electrons. The molecule has 1 aromatic heterocycles. The van der Waals surface area contributed by atoms with Gasteiger partial charge in [-0.15, -0.1) is 0 Å². The zero-order valence-electron chi connectivity index (χ0n) is 16.5. The van der Waals surface area contributed by atoms with Gasteiger partial charge in [0.05, 0.1) is 36.0 Å². The number of nitrogens with zero attached hydrogens (tertiary/aromatic N) is 2. The van der Waals surface area contributed by atoms with Crippen molar-refractivity contribution in [2.24, 2.45) is 0 Å². The number of hydrogen-bond donors (Lipinski definition) is 1. The van der Waals surface area contributed by atoms with E-state index in [1.54, 1.807) is 25.3 Å². The van der Waals surface area contributed by atoms with E-state index in [-0.39, 0.29) is 18.0 Å². The van der Waals surface area contributed by atoms with Crippen molar-refractivity contribution in [2.45, 2.75) is 34.2 Å². The Hall–Kier alpha value is -3.36. The second-order valence-electron chi connectivity index (χ2n) is 5.99. The van der Waals surface area contributed by atoms with Gasteiger partial charge in [0.15, 0.2) is 0 Å². The molecule has 0 saturated carbocycles. The summed E-state index contributed by atoms with van der Waals surface area (Å²) in [7, 11) is 1.36. The van der Waals surface area contributed by atoms with Gasteiger partial charge < -0.3 is 19.4 Å². The minimum atomic E-state index is -0.546. The fourth-order valence-electron chi connectivity index (χ4n) is 3.17. The molecule has 0 saturated heterocycles. The molecule has 28 heavy (non-hydrogen) atoms. The van der Waals surface area contributed by atoms with Gasteiger partial charge >= 0.3 is 5.97 Å². The minimum Gasteiger partial charge on any atom is -0.494 e. The molecule has 0 unspecified atom stereocenters. The molecule has 2 aromatic rings. The van der Waals surface area contributed by atoms with E-state index in [1.807, 2.05) is 6.92 Å². The number of ether oxygens (including phenoxy) is 2.